The van der Waals surface area contributed by atoms with Gasteiger partial charge < -0.3 is 20.8 Å². The van der Waals surface area contributed by atoms with E-state index in [1.54, 1.807) is 24.3 Å². The van der Waals surface area contributed by atoms with Crippen molar-refractivity contribution in [1.82, 2.24) is 5.32 Å². The van der Waals surface area contributed by atoms with Gasteiger partial charge in [0.05, 0.1) is 12.6 Å². The highest BCUT2D eigenvalue weighted by Crippen LogP contribution is 2.20. The minimum absolute atomic E-state index is 0.209. The standard InChI is InChI=1S/C13H16Cl2N2O4/c1-7(19)16-9-4-2-8(3-5-9)11(20)10(6-18)17-13(21)12(14)15/h2-5,10-12,18,20H,6H2,1H3,(H,16,19)(H,17,21)/t10-,11-/m1/s1. The Balaban J connectivity index is 2.77. The summed E-state index contributed by atoms with van der Waals surface area (Å²) in [5, 5.41) is 24.3. The largest absolute Gasteiger partial charge is 0.394 e. The summed E-state index contributed by atoms with van der Waals surface area (Å²) >= 11 is 10.8. The number of carbonyl (C=O) groups is 2. The first-order chi connectivity index (χ1) is 9.85. The van der Waals surface area contributed by atoms with Gasteiger partial charge >= 0.3 is 0 Å². The fourth-order valence-corrected chi connectivity index (χ4v) is 1.80. The predicted molar refractivity (Wildman–Crippen MR) is 80.2 cm³/mol. The molecule has 0 heterocycles. The highest BCUT2D eigenvalue weighted by Gasteiger charge is 2.24. The van der Waals surface area contributed by atoms with Crippen molar-refractivity contribution >= 4 is 40.7 Å². The van der Waals surface area contributed by atoms with Crippen LogP contribution in [0.5, 0.6) is 0 Å². The van der Waals surface area contributed by atoms with E-state index < -0.39 is 29.5 Å². The second kappa shape index (κ2) is 8.19. The van der Waals surface area contributed by atoms with E-state index in [0.717, 1.165) is 0 Å². The van der Waals surface area contributed by atoms with Crippen LogP contribution in [0.3, 0.4) is 0 Å². The molecule has 0 aliphatic rings. The van der Waals surface area contributed by atoms with Crippen molar-refractivity contribution in [3.8, 4) is 0 Å². The molecule has 0 saturated heterocycles. The molecule has 0 radical (unpaired) electrons. The number of rotatable bonds is 6. The number of halogens is 2. The summed E-state index contributed by atoms with van der Waals surface area (Å²) in [6.07, 6.45) is -1.14. The van der Waals surface area contributed by atoms with Gasteiger partial charge in [0.2, 0.25) is 5.91 Å². The van der Waals surface area contributed by atoms with Crippen LogP contribution < -0.4 is 10.6 Å². The highest BCUT2D eigenvalue weighted by molar-refractivity contribution is 6.53. The number of hydrogen-bond acceptors (Lipinski definition) is 4. The Kier molecular flexibility index (Phi) is 6.91. The zero-order valence-corrected chi connectivity index (χ0v) is 12.7. The molecule has 1 aromatic rings. The third-order valence-electron chi connectivity index (χ3n) is 2.68. The van der Waals surface area contributed by atoms with Crippen LogP contribution in [0.1, 0.15) is 18.6 Å². The molecule has 8 heteroatoms. The van der Waals surface area contributed by atoms with Crippen LogP contribution in [0.2, 0.25) is 0 Å². The summed E-state index contributed by atoms with van der Waals surface area (Å²) in [6.45, 7) is 0.898. The van der Waals surface area contributed by atoms with Gasteiger partial charge in [0, 0.05) is 12.6 Å². The lowest BCUT2D eigenvalue weighted by Gasteiger charge is -2.23. The van der Waals surface area contributed by atoms with Gasteiger partial charge in [-0.3, -0.25) is 9.59 Å². The number of benzene rings is 1. The van der Waals surface area contributed by atoms with Gasteiger partial charge in [-0.1, -0.05) is 35.3 Å². The van der Waals surface area contributed by atoms with E-state index >= 15 is 0 Å². The Morgan fingerprint density at radius 3 is 2.24 bits per heavy atom. The SMILES string of the molecule is CC(=O)Nc1ccc([C@@H](O)[C@@H](CO)NC(=O)C(Cl)Cl)cc1. The summed E-state index contributed by atoms with van der Waals surface area (Å²) in [4.78, 5) is 21.0. The lowest BCUT2D eigenvalue weighted by Crippen LogP contribution is -2.44. The molecular weight excluding hydrogens is 319 g/mol. The topological polar surface area (TPSA) is 98.7 Å². The minimum atomic E-state index is -1.28. The molecule has 6 nitrogen and oxygen atoms in total. The van der Waals surface area contributed by atoms with Crippen molar-refractivity contribution in [2.45, 2.75) is 23.9 Å². The molecule has 0 aromatic heterocycles. The quantitative estimate of drug-likeness (QED) is 0.582. The van der Waals surface area contributed by atoms with Crippen molar-refractivity contribution < 1.29 is 19.8 Å². The smallest absolute Gasteiger partial charge is 0.253 e. The molecule has 116 valence electrons. The normalized spacial score (nSPS) is 13.6. The van der Waals surface area contributed by atoms with Crippen LogP contribution in [0.4, 0.5) is 5.69 Å². The number of aliphatic hydroxyl groups is 2. The van der Waals surface area contributed by atoms with E-state index in [2.05, 4.69) is 10.6 Å². The van der Waals surface area contributed by atoms with Gasteiger partial charge in [0.1, 0.15) is 6.10 Å². The van der Waals surface area contributed by atoms with E-state index in [-0.39, 0.29) is 5.91 Å². The maximum absolute atomic E-state index is 11.4. The van der Waals surface area contributed by atoms with Crippen LogP contribution in [-0.4, -0.2) is 39.5 Å². The first kappa shape index (κ1) is 17.7. The van der Waals surface area contributed by atoms with E-state index in [0.29, 0.717) is 11.3 Å². The third kappa shape index (κ3) is 5.51. The molecule has 0 fully saturated rings. The number of carbonyl (C=O) groups excluding carboxylic acids is 2. The molecule has 1 aromatic carbocycles. The van der Waals surface area contributed by atoms with E-state index in [1.165, 1.54) is 6.92 Å². The summed E-state index contributed by atoms with van der Waals surface area (Å²) in [7, 11) is 0. The fourth-order valence-electron chi connectivity index (χ4n) is 1.67. The van der Waals surface area contributed by atoms with Gasteiger partial charge in [-0.2, -0.15) is 0 Å². The van der Waals surface area contributed by atoms with Crippen LogP contribution in [0.15, 0.2) is 24.3 Å². The summed E-state index contributed by atoms with van der Waals surface area (Å²) < 4.78 is 0. The van der Waals surface area contributed by atoms with Crippen molar-refractivity contribution in [3.63, 3.8) is 0 Å². The zero-order chi connectivity index (χ0) is 16.0. The van der Waals surface area contributed by atoms with Gasteiger partial charge in [0.15, 0.2) is 4.84 Å². The van der Waals surface area contributed by atoms with Crippen molar-refractivity contribution in [1.29, 1.82) is 0 Å². The Hall–Kier alpha value is -1.34. The Morgan fingerprint density at radius 1 is 1.24 bits per heavy atom. The Morgan fingerprint density at radius 2 is 1.81 bits per heavy atom. The predicted octanol–water partition coefficient (Wildman–Crippen LogP) is 0.959. The van der Waals surface area contributed by atoms with E-state index in [1.807, 2.05) is 0 Å². The third-order valence-corrected chi connectivity index (χ3v) is 3.07. The second-order valence-corrected chi connectivity index (χ2v) is 5.44. The molecule has 1 rings (SSSR count). The fraction of sp³-hybridized carbons (Fsp3) is 0.385. The molecular formula is C13H16Cl2N2O4. The molecule has 0 bridgehead atoms. The average Bonchev–Trinajstić information content (AvgIpc) is 2.43. The van der Waals surface area contributed by atoms with Crippen LogP contribution in [-0.2, 0) is 9.59 Å². The monoisotopic (exact) mass is 334 g/mol. The van der Waals surface area contributed by atoms with Crippen LogP contribution in [0, 0.1) is 0 Å². The molecule has 2 amide bonds. The molecule has 4 N–H and O–H groups in total. The maximum Gasteiger partial charge on any atom is 0.253 e. The van der Waals surface area contributed by atoms with Crippen LogP contribution >= 0.6 is 23.2 Å². The Bertz CT molecular complexity index is 493. The summed E-state index contributed by atoms with van der Waals surface area (Å²) in [6, 6.07) is 5.40. The van der Waals surface area contributed by atoms with Crippen molar-refractivity contribution in [3.05, 3.63) is 29.8 Å². The van der Waals surface area contributed by atoms with Crippen LogP contribution in [0.25, 0.3) is 0 Å². The average molecular weight is 335 g/mol. The lowest BCUT2D eigenvalue weighted by atomic mass is 10.0. The number of nitrogens with one attached hydrogen (secondary N) is 2. The number of alkyl halides is 2. The molecule has 0 aliphatic carbocycles. The van der Waals surface area contributed by atoms with Gasteiger partial charge in [0.25, 0.3) is 5.91 Å². The number of aliphatic hydroxyl groups excluding tert-OH is 2. The first-order valence-corrected chi connectivity index (χ1v) is 6.97. The van der Waals surface area contributed by atoms with Gasteiger partial charge in [-0.05, 0) is 17.7 Å². The Labute approximate surface area is 132 Å². The van der Waals surface area contributed by atoms with Crippen molar-refractivity contribution in [2.24, 2.45) is 0 Å². The summed E-state index contributed by atoms with van der Waals surface area (Å²) in [5.41, 5.74) is 1.04. The number of anilines is 1. The molecule has 21 heavy (non-hydrogen) atoms. The molecule has 0 saturated carbocycles. The zero-order valence-electron chi connectivity index (χ0n) is 11.2. The van der Waals surface area contributed by atoms with Gasteiger partial charge in [-0.25, -0.2) is 0 Å². The van der Waals surface area contributed by atoms with E-state index in [4.69, 9.17) is 23.2 Å². The maximum atomic E-state index is 11.4. The lowest BCUT2D eigenvalue weighted by molar-refractivity contribution is -0.121. The second-order valence-electron chi connectivity index (χ2n) is 4.35. The van der Waals surface area contributed by atoms with E-state index in [9.17, 15) is 19.8 Å². The molecule has 0 spiro atoms. The molecule has 0 aliphatic heterocycles. The highest BCUT2D eigenvalue weighted by atomic mass is 35.5. The number of amides is 2. The summed E-state index contributed by atoms with van der Waals surface area (Å²) in [5.74, 6) is -0.912. The van der Waals surface area contributed by atoms with Crippen molar-refractivity contribution in [2.75, 3.05) is 11.9 Å². The molecule has 0 unspecified atom stereocenters. The number of hydrogen-bond donors (Lipinski definition) is 4. The van der Waals surface area contributed by atoms with Gasteiger partial charge in [-0.15, -0.1) is 0 Å². The first-order valence-electron chi connectivity index (χ1n) is 6.10. The minimum Gasteiger partial charge on any atom is -0.394 e. The molecule has 2 atom stereocenters.